The molecule has 1 atom stereocenters. The minimum atomic E-state index is -0.524. The number of rotatable bonds is 4. The second kappa shape index (κ2) is 6.70. The summed E-state index contributed by atoms with van der Waals surface area (Å²) in [5, 5.41) is 4.19. The molecule has 0 aliphatic carbocycles. The first-order chi connectivity index (χ1) is 10.8. The summed E-state index contributed by atoms with van der Waals surface area (Å²) in [6.07, 6.45) is 4.54. The first-order valence-corrected chi connectivity index (χ1v) is 7.50. The van der Waals surface area contributed by atoms with Gasteiger partial charge in [0.15, 0.2) is 6.10 Å². The third-order valence-electron chi connectivity index (χ3n) is 4.15. The van der Waals surface area contributed by atoms with Crippen LogP contribution in [0, 0.1) is 0 Å². The highest BCUT2D eigenvalue weighted by Gasteiger charge is 2.29. The Kier molecular flexibility index (Phi) is 4.48. The van der Waals surface area contributed by atoms with Gasteiger partial charge in [0.2, 0.25) is 0 Å². The molecule has 0 spiro atoms. The van der Waals surface area contributed by atoms with Crippen molar-refractivity contribution in [2.24, 2.45) is 0 Å². The molecule has 1 amide bonds. The fourth-order valence-corrected chi connectivity index (χ4v) is 2.93. The minimum Gasteiger partial charge on any atom is -0.367 e. The highest BCUT2D eigenvalue weighted by molar-refractivity contribution is 5.82. The van der Waals surface area contributed by atoms with Gasteiger partial charge in [-0.15, -0.1) is 0 Å². The first kappa shape index (κ1) is 14.7. The highest BCUT2D eigenvalue weighted by Crippen LogP contribution is 2.25. The van der Waals surface area contributed by atoms with Crippen molar-refractivity contribution in [2.75, 3.05) is 20.2 Å². The Labute approximate surface area is 129 Å². The zero-order chi connectivity index (χ0) is 15.4. The van der Waals surface area contributed by atoms with Crippen LogP contribution in [0.5, 0.6) is 0 Å². The summed E-state index contributed by atoms with van der Waals surface area (Å²) in [4.78, 5) is 18.6. The van der Waals surface area contributed by atoms with Crippen molar-refractivity contribution in [2.45, 2.75) is 25.0 Å². The number of ether oxygens (including phenoxy) is 1. The number of carbonyl (C=O) groups is 1. The number of hydrogen-bond acceptors (Lipinski definition) is 4. The molecule has 6 heteroatoms. The maximum absolute atomic E-state index is 12.7. The summed E-state index contributed by atoms with van der Waals surface area (Å²) >= 11 is 0. The molecule has 1 aliphatic heterocycles. The number of methoxy groups -OCH3 is 1. The van der Waals surface area contributed by atoms with E-state index < -0.39 is 6.10 Å². The third-order valence-corrected chi connectivity index (χ3v) is 4.15. The zero-order valence-corrected chi connectivity index (χ0v) is 12.6. The Morgan fingerprint density at radius 1 is 1.27 bits per heavy atom. The lowest BCUT2D eigenvalue weighted by Crippen LogP contribution is -2.42. The van der Waals surface area contributed by atoms with Gasteiger partial charge in [0.25, 0.3) is 5.91 Å². The van der Waals surface area contributed by atoms with E-state index in [1.807, 2.05) is 39.9 Å². The van der Waals surface area contributed by atoms with E-state index in [1.165, 1.54) is 0 Å². The average molecular weight is 300 g/mol. The summed E-state index contributed by atoms with van der Waals surface area (Å²) in [6, 6.07) is 9.95. The van der Waals surface area contributed by atoms with E-state index in [9.17, 15) is 4.79 Å². The number of hydrogen-bond donors (Lipinski definition) is 0. The van der Waals surface area contributed by atoms with Crippen molar-refractivity contribution in [1.29, 1.82) is 0 Å². The van der Waals surface area contributed by atoms with Gasteiger partial charge in [-0.2, -0.15) is 5.10 Å². The summed E-state index contributed by atoms with van der Waals surface area (Å²) in [7, 11) is 1.58. The van der Waals surface area contributed by atoms with Gasteiger partial charge >= 0.3 is 0 Å². The van der Waals surface area contributed by atoms with Crippen LogP contribution in [0.3, 0.4) is 0 Å². The zero-order valence-electron chi connectivity index (χ0n) is 12.6. The number of benzene rings is 1. The van der Waals surface area contributed by atoms with Crippen LogP contribution in [0.15, 0.2) is 43.0 Å². The van der Waals surface area contributed by atoms with Crippen molar-refractivity contribution in [3.8, 4) is 0 Å². The van der Waals surface area contributed by atoms with E-state index in [1.54, 1.807) is 19.8 Å². The summed E-state index contributed by atoms with van der Waals surface area (Å²) in [5.41, 5.74) is 0.897. The van der Waals surface area contributed by atoms with Crippen molar-refractivity contribution in [3.05, 3.63) is 48.5 Å². The van der Waals surface area contributed by atoms with Crippen molar-refractivity contribution in [1.82, 2.24) is 19.7 Å². The number of aromatic nitrogens is 3. The van der Waals surface area contributed by atoms with Gasteiger partial charge in [-0.1, -0.05) is 30.3 Å². The second-order valence-electron chi connectivity index (χ2n) is 5.46. The van der Waals surface area contributed by atoms with E-state index in [0.717, 1.165) is 31.5 Å². The Balaban J connectivity index is 1.64. The van der Waals surface area contributed by atoms with Crippen LogP contribution in [0.1, 0.15) is 30.6 Å². The molecule has 1 saturated heterocycles. The molecule has 0 bridgehead atoms. The van der Waals surface area contributed by atoms with Gasteiger partial charge in [0, 0.05) is 20.2 Å². The van der Waals surface area contributed by atoms with E-state index in [0.29, 0.717) is 6.04 Å². The van der Waals surface area contributed by atoms with Crippen molar-refractivity contribution >= 4 is 5.91 Å². The molecule has 0 N–H and O–H groups in total. The van der Waals surface area contributed by atoms with Crippen LogP contribution in [-0.4, -0.2) is 45.8 Å². The Morgan fingerprint density at radius 3 is 2.59 bits per heavy atom. The molecular weight excluding hydrogens is 280 g/mol. The van der Waals surface area contributed by atoms with Crippen molar-refractivity contribution < 1.29 is 9.53 Å². The second-order valence-corrected chi connectivity index (χ2v) is 5.46. The van der Waals surface area contributed by atoms with Crippen LogP contribution in [0.2, 0.25) is 0 Å². The van der Waals surface area contributed by atoms with Gasteiger partial charge in [-0.25, -0.2) is 9.67 Å². The average Bonchev–Trinajstić information content (AvgIpc) is 3.11. The molecule has 6 nitrogen and oxygen atoms in total. The highest BCUT2D eigenvalue weighted by atomic mass is 16.5. The predicted octanol–water partition coefficient (Wildman–Crippen LogP) is 1.83. The van der Waals surface area contributed by atoms with E-state index in [4.69, 9.17) is 4.74 Å². The predicted molar refractivity (Wildman–Crippen MR) is 81.1 cm³/mol. The monoisotopic (exact) mass is 300 g/mol. The number of carbonyl (C=O) groups excluding carboxylic acids is 1. The van der Waals surface area contributed by atoms with Crippen LogP contribution >= 0.6 is 0 Å². The van der Waals surface area contributed by atoms with Gasteiger partial charge in [0.05, 0.1) is 6.04 Å². The molecule has 2 heterocycles. The molecule has 3 rings (SSSR count). The van der Waals surface area contributed by atoms with Gasteiger partial charge in [-0.3, -0.25) is 4.79 Å². The number of amides is 1. The lowest BCUT2D eigenvalue weighted by atomic mass is 10.0. The first-order valence-electron chi connectivity index (χ1n) is 7.50. The summed E-state index contributed by atoms with van der Waals surface area (Å²) < 4.78 is 7.31. The van der Waals surface area contributed by atoms with Crippen LogP contribution in [0.25, 0.3) is 0 Å². The number of piperidine rings is 1. The fourth-order valence-electron chi connectivity index (χ4n) is 2.93. The van der Waals surface area contributed by atoms with Crippen LogP contribution in [0.4, 0.5) is 0 Å². The molecule has 2 aromatic rings. The molecule has 1 unspecified atom stereocenters. The van der Waals surface area contributed by atoms with Gasteiger partial charge in [0.1, 0.15) is 12.7 Å². The normalized spacial score (nSPS) is 17.4. The van der Waals surface area contributed by atoms with Crippen LogP contribution < -0.4 is 0 Å². The van der Waals surface area contributed by atoms with Gasteiger partial charge < -0.3 is 9.64 Å². The smallest absolute Gasteiger partial charge is 0.256 e. The van der Waals surface area contributed by atoms with Gasteiger partial charge in [-0.05, 0) is 18.4 Å². The molecular formula is C16H20N4O2. The van der Waals surface area contributed by atoms with Crippen LogP contribution in [-0.2, 0) is 9.53 Å². The maximum atomic E-state index is 12.7. The number of likely N-dealkylation sites (tertiary alicyclic amines) is 1. The summed E-state index contributed by atoms with van der Waals surface area (Å²) in [6.45, 7) is 1.44. The van der Waals surface area contributed by atoms with E-state index in [2.05, 4.69) is 10.1 Å². The summed E-state index contributed by atoms with van der Waals surface area (Å²) in [5.74, 6) is 0.0331. The molecule has 22 heavy (non-hydrogen) atoms. The SMILES string of the molecule is COC(C(=O)N1CCC(n2cncn2)CC1)c1ccccc1. The lowest BCUT2D eigenvalue weighted by Gasteiger charge is -2.33. The largest absolute Gasteiger partial charge is 0.367 e. The lowest BCUT2D eigenvalue weighted by molar-refractivity contribution is -0.143. The maximum Gasteiger partial charge on any atom is 0.256 e. The van der Waals surface area contributed by atoms with Crippen molar-refractivity contribution in [3.63, 3.8) is 0 Å². The fraction of sp³-hybridized carbons (Fsp3) is 0.438. The third kappa shape index (κ3) is 3.01. The number of nitrogens with zero attached hydrogens (tertiary/aromatic N) is 4. The molecule has 1 aromatic carbocycles. The molecule has 1 aromatic heterocycles. The Bertz CT molecular complexity index is 592. The molecule has 0 saturated carbocycles. The molecule has 116 valence electrons. The molecule has 1 aliphatic rings. The Hall–Kier alpha value is -2.21. The quantitative estimate of drug-likeness (QED) is 0.864. The molecule has 1 fully saturated rings. The minimum absolute atomic E-state index is 0.0331. The molecule has 0 radical (unpaired) electrons. The Morgan fingerprint density at radius 2 is 2.00 bits per heavy atom. The standard InChI is InChI=1S/C16H20N4O2/c1-22-15(13-5-3-2-4-6-13)16(21)19-9-7-14(8-10-19)20-12-17-11-18-20/h2-6,11-12,14-15H,7-10H2,1H3. The van der Waals surface area contributed by atoms with E-state index >= 15 is 0 Å². The topological polar surface area (TPSA) is 60.2 Å². The van der Waals surface area contributed by atoms with E-state index in [-0.39, 0.29) is 5.91 Å².